The Hall–Kier alpha value is -1.95. The predicted molar refractivity (Wildman–Crippen MR) is 70.9 cm³/mol. The number of methoxy groups -OCH3 is 1. The second-order valence-corrected chi connectivity index (χ2v) is 4.37. The first-order chi connectivity index (χ1) is 9.49. The summed E-state index contributed by atoms with van der Waals surface area (Å²) in [5.41, 5.74) is 0.646. The van der Waals surface area contributed by atoms with Gasteiger partial charge in [0.2, 0.25) is 5.91 Å². The largest absolute Gasteiger partial charge is 0.480 e. The van der Waals surface area contributed by atoms with E-state index in [0.717, 1.165) is 0 Å². The lowest BCUT2D eigenvalue weighted by molar-refractivity contribution is -0.143. The minimum Gasteiger partial charge on any atom is -0.480 e. The van der Waals surface area contributed by atoms with Crippen molar-refractivity contribution in [1.82, 2.24) is 5.32 Å². The van der Waals surface area contributed by atoms with Crippen LogP contribution in [-0.4, -0.2) is 36.7 Å². The highest BCUT2D eigenvalue weighted by Gasteiger charge is 2.25. The number of carbonyl (C=O) groups is 2. The molecule has 0 aromatic heterocycles. The maximum absolute atomic E-state index is 12.9. The molecule has 0 aliphatic rings. The summed E-state index contributed by atoms with van der Waals surface area (Å²) in [4.78, 5) is 23.1. The van der Waals surface area contributed by atoms with Gasteiger partial charge in [0.1, 0.15) is 5.82 Å². The van der Waals surface area contributed by atoms with E-state index in [-0.39, 0.29) is 12.4 Å². The molecule has 6 heteroatoms. The number of aliphatic carboxylic acids is 1. The molecular formula is C14H18FNO4. The van der Waals surface area contributed by atoms with E-state index in [1.54, 1.807) is 6.92 Å². The van der Waals surface area contributed by atoms with Crippen LogP contribution < -0.4 is 5.32 Å². The summed E-state index contributed by atoms with van der Waals surface area (Å²) >= 11 is 0. The third kappa shape index (κ3) is 4.31. The fourth-order valence-corrected chi connectivity index (χ4v) is 1.88. The summed E-state index contributed by atoms with van der Waals surface area (Å²) < 4.78 is 17.6. The summed E-state index contributed by atoms with van der Waals surface area (Å²) in [6.07, 6.45) is 0.483. The van der Waals surface area contributed by atoms with Crippen LogP contribution in [0.4, 0.5) is 4.39 Å². The van der Waals surface area contributed by atoms with Crippen molar-refractivity contribution in [3.8, 4) is 0 Å². The van der Waals surface area contributed by atoms with Gasteiger partial charge >= 0.3 is 5.97 Å². The van der Waals surface area contributed by atoms with Crippen LogP contribution in [-0.2, 0) is 14.3 Å². The topological polar surface area (TPSA) is 75.6 Å². The predicted octanol–water partition coefficient (Wildman–Crippen LogP) is 1.54. The number of rotatable bonds is 7. The standard InChI is InChI=1S/C14H18FNO4/c1-3-11(9-4-6-10(15)7-5-9)13(17)16-12(8-20-2)14(18)19/h4-7,11-12H,3,8H2,1-2H3,(H,16,17)(H,18,19). The van der Waals surface area contributed by atoms with Crippen LogP contribution in [0, 0.1) is 5.82 Å². The molecule has 0 aliphatic carbocycles. The number of halogens is 1. The monoisotopic (exact) mass is 283 g/mol. The van der Waals surface area contributed by atoms with Crippen molar-refractivity contribution in [2.24, 2.45) is 0 Å². The smallest absolute Gasteiger partial charge is 0.328 e. The van der Waals surface area contributed by atoms with Crippen molar-refractivity contribution in [1.29, 1.82) is 0 Å². The second-order valence-electron chi connectivity index (χ2n) is 4.37. The van der Waals surface area contributed by atoms with E-state index in [9.17, 15) is 14.0 Å². The van der Waals surface area contributed by atoms with E-state index in [1.807, 2.05) is 0 Å². The van der Waals surface area contributed by atoms with Crippen LogP contribution in [0.25, 0.3) is 0 Å². The number of carboxylic acids is 1. The van der Waals surface area contributed by atoms with Gasteiger partial charge in [-0.2, -0.15) is 0 Å². The van der Waals surface area contributed by atoms with Crippen molar-refractivity contribution in [2.45, 2.75) is 25.3 Å². The zero-order valence-corrected chi connectivity index (χ0v) is 11.4. The van der Waals surface area contributed by atoms with Crippen LogP contribution >= 0.6 is 0 Å². The van der Waals surface area contributed by atoms with E-state index in [0.29, 0.717) is 12.0 Å². The molecule has 0 bridgehead atoms. The summed E-state index contributed by atoms with van der Waals surface area (Å²) in [6.45, 7) is 1.70. The highest BCUT2D eigenvalue weighted by molar-refractivity contribution is 5.88. The Kier molecular flexibility index (Phi) is 6.11. The van der Waals surface area contributed by atoms with Gasteiger partial charge in [-0.15, -0.1) is 0 Å². The molecular weight excluding hydrogens is 265 g/mol. The molecule has 20 heavy (non-hydrogen) atoms. The number of benzene rings is 1. The third-order valence-electron chi connectivity index (χ3n) is 2.95. The van der Waals surface area contributed by atoms with Gasteiger partial charge in [0, 0.05) is 7.11 Å². The average molecular weight is 283 g/mol. The average Bonchev–Trinajstić information content (AvgIpc) is 2.41. The van der Waals surface area contributed by atoms with Crippen LogP contribution in [0.3, 0.4) is 0 Å². The summed E-state index contributed by atoms with van der Waals surface area (Å²) in [7, 11) is 1.36. The van der Waals surface area contributed by atoms with Gasteiger partial charge in [-0.05, 0) is 24.1 Å². The molecule has 110 valence electrons. The van der Waals surface area contributed by atoms with E-state index >= 15 is 0 Å². The molecule has 2 N–H and O–H groups in total. The molecule has 1 aromatic rings. The number of amides is 1. The Morgan fingerprint density at radius 2 is 1.95 bits per heavy atom. The molecule has 1 amide bonds. The van der Waals surface area contributed by atoms with Gasteiger partial charge in [0.25, 0.3) is 0 Å². The lowest BCUT2D eigenvalue weighted by Gasteiger charge is -2.19. The van der Waals surface area contributed by atoms with E-state index in [4.69, 9.17) is 9.84 Å². The zero-order valence-electron chi connectivity index (χ0n) is 11.4. The molecule has 5 nitrogen and oxygen atoms in total. The highest BCUT2D eigenvalue weighted by Crippen LogP contribution is 2.20. The fraction of sp³-hybridized carbons (Fsp3) is 0.429. The van der Waals surface area contributed by atoms with Gasteiger partial charge in [0.15, 0.2) is 6.04 Å². The number of hydrogen-bond donors (Lipinski definition) is 2. The molecule has 0 saturated carbocycles. The maximum Gasteiger partial charge on any atom is 0.328 e. The Balaban J connectivity index is 2.81. The molecule has 1 aromatic carbocycles. The van der Waals surface area contributed by atoms with Gasteiger partial charge in [-0.1, -0.05) is 19.1 Å². The lowest BCUT2D eigenvalue weighted by Crippen LogP contribution is -2.45. The van der Waals surface area contributed by atoms with Crippen molar-refractivity contribution in [3.05, 3.63) is 35.6 Å². The summed E-state index contributed by atoms with van der Waals surface area (Å²) in [5.74, 6) is -2.47. The number of carboxylic acid groups (broad SMARTS) is 1. The quantitative estimate of drug-likeness (QED) is 0.796. The molecule has 2 atom stereocenters. The first kappa shape index (κ1) is 16.1. The van der Waals surface area contributed by atoms with Crippen LogP contribution in [0.1, 0.15) is 24.8 Å². The normalized spacial score (nSPS) is 13.6. The molecule has 0 radical (unpaired) electrons. The van der Waals surface area contributed by atoms with Gasteiger partial charge in [-0.25, -0.2) is 9.18 Å². The van der Waals surface area contributed by atoms with Gasteiger partial charge in [0.05, 0.1) is 12.5 Å². The molecule has 1 rings (SSSR count). The molecule has 2 unspecified atom stereocenters. The van der Waals surface area contributed by atoms with Crippen LogP contribution in [0.15, 0.2) is 24.3 Å². The summed E-state index contributed by atoms with van der Waals surface area (Å²) in [6, 6.07) is 4.50. The Labute approximate surface area is 116 Å². The number of carbonyl (C=O) groups excluding carboxylic acids is 1. The van der Waals surface area contributed by atoms with Crippen LogP contribution in [0.5, 0.6) is 0 Å². The summed E-state index contributed by atoms with van der Waals surface area (Å²) in [5, 5.41) is 11.4. The van der Waals surface area contributed by atoms with Crippen molar-refractivity contribution < 1.29 is 23.8 Å². The Bertz CT molecular complexity index is 461. The van der Waals surface area contributed by atoms with Gasteiger partial charge in [-0.3, -0.25) is 4.79 Å². The van der Waals surface area contributed by atoms with E-state index in [1.165, 1.54) is 31.4 Å². The number of ether oxygens (including phenoxy) is 1. The third-order valence-corrected chi connectivity index (χ3v) is 2.95. The van der Waals surface area contributed by atoms with Gasteiger partial charge < -0.3 is 15.2 Å². The Morgan fingerprint density at radius 3 is 2.40 bits per heavy atom. The SMILES string of the molecule is CCC(C(=O)NC(COC)C(=O)O)c1ccc(F)cc1. The van der Waals surface area contributed by atoms with E-state index in [2.05, 4.69) is 5.32 Å². The molecule has 0 saturated heterocycles. The molecule has 0 spiro atoms. The van der Waals surface area contributed by atoms with Crippen molar-refractivity contribution in [3.63, 3.8) is 0 Å². The minimum atomic E-state index is -1.16. The highest BCUT2D eigenvalue weighted by atomic mass is 19.1. The van der Waals surface area contributed by atoms with Crippen molar-refractivity contribution >= 4 is 11.9 Å². The van der Waals surface area contributed by atoms with Crippen LogP contribution in [0.2, 0.25) is 0 Å². The molecule has 0 heterocycles. The maximum atomic E-state index is 12.9. The number of nitrogens with one attached hydrogen (secondary N) is 1. The first-order valence-corrected chi connectivity index (χ1v) is 6.27. The Morgan fingerprint density at radius 1 is 1.35 bits per heavy atom. The zero-order chi connectivity index (χ0) is 15.1. The fourth-order valence-electron chi connectivity index (χ4n) is 1.88. The molecule has 0 fully saturated rings. The second kappa shape index (κ2) is 7.59. The minimum absolute atomic E-state index is 0.110. The van der Waals surface area contributed by atoms with E-state index < -0.39 is 23.8 Å². The lowest BCUT2D eigenvalue weighted by atomic mass is 9.95. The number of hydrogen-bond acceptors (Lipinski definition) is 3. The molecule has 0 aliphatic heterocycles. The van der Waals surface area contributed by atoms with Crippen molar-refractivity contribution in [2.75, 3.05) is 13.7 Å². The first-order valence-electron chi connectivity index (χ1n) is 6.27.